The van der Waals surface area contributed by atoms with Crippen molar-refractivity contribution in [1.82, 2.24) is 5.32 Å². The fourth-order valence-electron chi connectivity index (χ4n) is 2.03. The van der Waals surface area contributed by atoms with Crippen molar-refractivity contribution in [3.05, 3.63) is 34.9 Å². The van der Waals surface area contributed by atoms with Crippen molar-refractivity contribution >= 4 is 0 Å². The number of aryl methyl sites for hydroxylation is 2. The topological polar surface area (TPSA) is 21.3 Å². The molecule has 102 valence electrons. The van der Waals surface area contributed by atoms with Gasteiger partial charge in [-0.2, -0.15) is 0 Å². The number of hydrogen-bond acceptors (Lipinski definition) is 2. The number of nitrogens with one attached hydrogen (secondary N) is 1. The van der Waals surface area contributed by atoms with Gasteiger partial charge in [0.2, 0.25) is 0 Å². The Morgan fingerprint density at radius 3 is 2.72 bits per heavy atom. The van der Waals surface area contributed by atoms with Gasteiger partial charge in [-0.05, 0) is 38.3 Å². The Morgan fingerprint density at radius 1 is 1.22 bits per heavy atom. The quantitative estimate of drug-likeness (QED) is 0.708. The zero-order valence-electron chi connectivity index (χ0n) is 12.3. The lowest BCUT2D eigenvalue weighted by atomic mass is 10.00. The second-order valence-corrected chi connectivity index (χ2v) is 5.00. The molecule has 0 fully saturated rings. The van der Waals surface area contributed by atoms with Gasteiger partial charge in [-0.25, -0.2) is 0 Å². The van der Waals surface area contributed by atoms with Gasteiger partial charge in [-0.1, -0.05) is 37.1 Å². The SMILES string of the molecule is CCCCOCCNC(C)c1cc(C)ccc1C. The van der Waals surface area contributed by atoms with E-state index in [4.69, 9.17) is 4.74 Å². The van der Waals surface area contributed by atoms with Gasteiger partial charge in [0.15, 0.2) is 0 Å². The van der Waals surface area contributed by atoms with Crippen LogP contribution in [0.4, 0.5) is 0 Å². The molecule has 0 heterocycles. The molecule has 0 saturated carbocycles. The Morgan fingerprint density at radius 2 is 2.00 bits per heavy atom. The molecule has 1 N–H and O–H groups in total. The van der Waals surface area contributed by atoms with Crippen LogP contribution in [0.2, 0.25) is 0 Å². The fourth-order valence-corrected chi connectivity index (χ4v) is 2.03. The maximum atomic E-state index is 5.55. The number of hydrogen-bond donors (Lipinski definition) is 1. The predicted molar refractivity (Wildman–Crippen MR) is 78.1 cm³/mol. The number of rotatable bonds is 8. The summed E-state index contributed by atoms with van der Waals surface area (Å²) in [4.78, 5) is 0. The van der Waals surface area contributed by atoms with Crippen LogP contribution in [0.15, 0.2) is 18.2 Å². The zero-order valence-corrected chi connectivity index (χ0v) is 12.3. The molecule has 0 aromatic heterocycles. The highest BCUT2D eigenvalue weighted by atomic mass is 16.5. The summed E-state index contributed by atoms with van der Waals surface area (Å²) in [5.41, 5.74) is 4.07. The van der Waals surface area contributed by atoms with E-state index in [9.17, 15) is 0 Å². The van der Waals surface area contributed by atoms with E-state index in [1.807, 2.05) is 0 Å². The first-order chi connectivity index (χ1) is 8.65. The third kappa shape index (κ3) is 5.19. The van der Waals surface area contributed by atoms with Gasteiger partial charge >= 0.3 is 0 Å². The van der Waals surface area contributed by atoms with E-state index in [0.29, 0.717) is 6.04 Å². The van der Waals surface area contributed by atoms with E-state index in [-0.39, 0.29) is 0 Å². The molecule has 2 heteroatoms. The van der Waals surface area contributed by atoms with E-state index in [2.05, 4.69) is 51.2 Å². The van der Waals surface area contributed by atoms with E-state index in [0.717, 1.165) is 26.2 Å². The maximum Gasteiger partial charge on any atom is 0.0591 e. The Balaban J connectivity index is 2.31. The molecule has 0 bridgehead atoms. The lowest BCUT2D eigenvalue weighted by Gasteiger charge is -2.17. The van der Waals surface area contributed by atoms with Crippen LogP contribution in [0.5, 0.6) is 0 Å². The molecule has 1 aromatic carbocycles. The van der Waals surface area contributed by atoms with Crippen molar-refractivity contribution in [2.45, 2.75) is 46.6 Å². The van der Waals surface area contributed by atoms with Crippen LogP contribution in [0.3, 0.4) is 0 Å². The summed E-state index contributed by atoms with van der Waals surface area (Å²) in [6.07, 6.45) is 2.36. The summed E-state index contributed by atoms with van der Waals surface area (Å²) in [6.45, 7) is 11.3. The van der Waals surface area contributed by atoms with Crippen molar-refractivity contribution in [1.29, 1.82) is 0 Å². The van der Waals surface area contributed by atoms with Crippen LogP contribution in [-0.4, -0.2) is 19.8 Å². The summed E-state index contributed by atoms with van der Waals surface area (Å²) in [7, 11) is 0. The minimum Gasteiger partial charge on any atom is -0.380 e. The lowest BCUT2D eigenvalue weighted by molar-refractivity contribution is 0.131. The van der Waals surface area contributed by atoms with Gasteiger partial charge in [0.1, 0.15) is 0 Å². The zero-order chi connectivity index (χ0) is 13.4. The van der Waals surface area contributed by atoms with Crippen LogP contribution in [-0.2, 0) is 4.74 Å². The van der Waals surface area contributed by atoms with Gasteiger partial charge in [-0.3, -0.25) is 0 Å². The molecule has 1 atom stereocenters. The third-order valence-corrected chi connectivity index (χ3v) is 3.24. The number of benzene rings is 1. The Bertz CT molecular complexity index is 349. The molecule has 1 rings (SSSR count). The monoisotopic (exact) mass is 249 g/mol. The van der Waals surface area contributed by atoms with E-state index >= 15 is 0 Å². The van der Waals surface area contributed by atoms with E-state index in [1.165, 1.54) is 23.1 Å². The molecule has 1 aromatic rings. The summed E-state index contributed by atoms with van der Waals surface area (Å²) in [5.74, 6) is 0. The highest BCUT2D eigenvalue weighted by Crippen LogP contribution is 2.18. The molecule has 0 spiro atoms. The molecule has 0 radical (unpaired) electrons. The van der Waals surface area contributed by atoms with Crippen molar-refractivity contribution < 1.29 is 4.74 Å². The summed E-state index contributed by atoms with van der Waals surface area (Å²) in [5, 5.41) is 3.52. The molecule has 1 unspecified atom stereocenters. The van der Waals surface area contributed by atoms with Crippen molar-refractivity contribution in [3.8, 4) is 0 Å². The minimum atomic E-state index is 0.389. The van der Waals surface area contributed by atoms with Crippen LogP contribution < -0.4 is 5.32 Å². The average molecular weight is 249 g/mol. The minimum absolute atomic E-state index is 0.389. The summed E-state index contributed by atoms with van der Waals surface area (Å²) in [6, 6.07) is 7.02. The fraction of sp³-hybridized carbons (Fsp3) is 0.625. The molecule has 0 aliphatic heterocycles. The normalized spacial score (nSPS) is 12.7. The van der Waals surface area contributed by atoms with Crippen molar-refractivity contribution in [3.63, 3.8) is 0 Å². The second kappa shape index (κ2) is 8.28. The molecule has 18 heavy (non-hydrogen) atoms. The first kappa shape index (κ1) is 15.2. The van der Waals surface area contributed by atoms with Gasteiger partial charge in [-0.15, -0.1) is 0 Å². The molecule has 0 saturated heterocycles. The molecule has 2 nitrogen and oxygen atoms in total. The Labute approximate surface area is 112 Å². The Hall–Kier alpha value is -0.860. The predicted octanol–water partition coefficient (Wildman–Crippen LogP) is 3.77. The van der Waals surface area contributed by atoms with Gasteiger partial charge in [0.05, 0.1) is 6.61 Å². The molecular weight excluding hydrogens is 222 g/mol. The second-order valence-electron chi connectivity index (χ2n) is 5.00. The highest BCUT2D eigenvalue weighted by Gasteiger charge is 2.07. The lowest BCUT2D eigenvalue weighted by Crippen LogP contribution is -2.24. The van der Waals surface area contributed by atoms with Crippen LogP contribution in [0.1, 0.15) is 49.4 Å². The summed E-state index contributed by atoms with van der Waals surface area (Å²) < 4.78 is 5.55. The highest BCUT2D eigenvalue weighted by molar-refractivity contribution is 5.32. The molecule has 0 aliphatic carbocycles. The third-order valence-electron chi connectivity index (χ3n) is 3.24. The van der Waals surface area contributed by atoms with Crippen molar-refractivity contribution in [2.75, 3.05) is 19.8 Å². The van der Waals surface area contributed by atoms with Gasteiger partial charge < -0.3 is 10.1 Å². The number of unbranched alkanes of at least 4 members (excludes halogenated alkanes) is 1. The van der Waals surface area contributed by atoms with Crippen LogP contribution in [0, 0.1) is 13.8 Å². The van der Waals surface area contributed by atoms with Crippen molar-refractivity contribution in [2.24, 2.45) is 0 Å². The number of ether oxygens (including phenoxy) is 1. The Kier molecular flexibility index (Phi) is 6.99. The molecule has 0 aliphatic rings. The van der Waals surface area contributed by atoms with Gasteiger partial charge in [0, 0.05) is 19.2 Å². The maximum absolute atomic E-state index is 5.55. The van der Waals surface area contributed by atoms with Crippen LogP contribution >= 0.6 is 0 Å². The standard InChI is InChI=1S/C16H27NO/c1-5-6-10-18-11-9-17-15(4)16-12-13(2)7-8-14(16)3/h7-8,12,15,17H,5-6,9-11H2,1-4H3. The molecule has 0 amide bonds. The smallest absolute Gasteiger partial charge is 0.0591 e. The van der Waals surface area contributed by atoms with Crippen LogP contribution in [0.25, 0.3) is 0 Å². The molecular formula is C16H27NO. The van der Waals surface area contributed by atoms with E-state index in [1.54, 1.807) is 0 Å². The average Bonchev–Trinajstić information content (AvgIpc) is 2.36. The first-order valence-corrected chi connectivity index (χ1v) is 7.03. The summed E-state index contributed by atoms with van der Waals surface area (Å²) >= 11 is 0. The van der Waals surface area contributed by atoms with Gasteiger partial charge in [0.25, 0.3) is 0 Å². The van der Waals surface area contributed by atoms with E-state index < -0.39 is 0 Å². The largest absolute Gasteiger partial charge is 0.380 e. The first-order valence-electron chi connectivity index (χ1n) is 7.03.